The van der Waals surface area contributed by atoms with Gasteiger partial charge in [0.25, 0.3) is 0 Å². The Balaban J connectivity index is 2.21. The van der Waals surface area contributed by atoms with Crippen LogP contribution in [0.4, 0.5) is 0 Å². The first kappa shape index (κ1) is 14.6. The van der Waals surface area contributed by atoms with Gasteiger partial charge in [0.2, 0.25) is 0 Å². The van der Waals surface area contributed by atoms with Crippen molar-refractivity contribution >= 4 is 30.9 Å². The van der Waals surface area contributed by atoms with Crippen molar-refractivity contribution in [3.8, 4) is 0 Å². The van der Waals surface area contributed by atoms with Gasteiger partial charge in [-0.15, -0.1) is 0 Å². The highest BCUT2D eigenvalue weighted by Gasteiger charge is 2.08. The molecule has 0 aliphatic heterocycles. The first-order chi connectivity index (χ1) is 8.26. The van der Waals surface area contributed by atoms with E-state index >= 15 is 0 Å². The van der Waals surface area contributed by atoms with E-state index < -0.39 is 6.10 Å². The van der Waals surface area contributed by atoms with Crippen LogP contribution in [0, 0.1) is 0 Å². The van der Waals surface area contributed by atoms with Crippen molar-refractivity contribution in [2.45, 2.75) is 18.6 Å². The maximum absolute atomic E-state index is 10.5. The maximum atomic E-state index is 10.5. The lowest BCUT2D eigenvalue weighted by molar-refractivity contribution is -0.108. The van der Waals surface area contributed by atoms with Crippen molar-refractivity contribution in [3.05, 3.63) is 35.9 Å². The third-order valence-electron chi connectivity index (χ3n) is 2.19. The van der Waals surface area contributed by atoms with Gasteiger partial charge in [-0.05, 0) is 12.0 Å². The molecule has 0 spiro atoms. The summed E-state index contributed by atoms with van der Waals surface area (Å²) in [5, 5.41) is 9.79. The smallest absolute Gasteiger partial charge is 0.138 e. The molecule has 0 amide bonds. The number of aldehydes is 1. The molecule has 1 aromatic carbocycles. The van der Waals surface area contributed by atoms with E-state index in [1.165, 1.54) is 11.9 Å². The molecule has 0 heterocycles. The van der Waals surface area contributed by atoms with E-state index in [1.807, 2.05) is 30.3 Å². The summed E-state index contributed by atoms with van der Waals surface area (Å²) in [6, 6.07) is 9.58. The molecule has 0 fully saturated rings. The topological polar surface area (TPSA) is 49.3 Å². The molecule has 5 heteroatoms. The number of carbonyl (C=O) groups excluding carboxylic acids is 1. The van der Waals surface area contributed by atoms with Crippen LogP contribution in [0.1, 0.15) is 5.56 Å². The first-order valence-electron chi connectivity index (χ1n) is 5.41. The van der Waals surface area contributed by atoms with Crippen LogP contribution >= 0.6 is 24.6 Å². The Hall–Kier alpha value is -0.490. The molecule has 0 aromatic heterocycles. The van der Waals surface area contributed by atoms with E-state index in [0.29, 0.717) is 17.9 Å². The van der Waals surface area contributed by atoms with Crippen LogP contribution in [0.3, 0.4) is 0 Å². The van der Waals surface area contributed by atoms with E-state index in [0.717, 1.165) is 11.8 Å². The molecule has 0 bridgehead atoms. The fourth-order valence-electron chi connectivity index (χ4n) is 1.30. The van der Waals surface area contributed by atoms with E-state index in [1.54, 1.807) is 0 Å². The lowest BCUT2D eigenvalue weighted by atomic mass is 10.1. The third kappa shape index (κ3) is 6.12. The summed E-state index contributed by atoms with van der Waals surface area (Å²) in [7, 11) is 0. The molecule has 3 nitrogen and oxygen atoms in total. The Labute approximate surface area is 112 Å². The van der Waals surface area contributed by atoms with Gasteiger partial charge in [-0.1, -0.05) is 42.3 Å². The largest absolute Gasteiger partial charge is 0.392 e. The Morgan fingerprint density at radius 1 is 1.41 bits per heavy atom. The fourth-order valence-corrected chi connectivity index (χ4v) is 2.36. The number of aliphatic hydroxyl groups is 1. The number of nitrogens with one attached hydrogen (secondary N) is 1. The van der Waals surface area contributed by atoms with Crippen LogP contribution in [0.15, 0.2) is 30.3 Å². The molecular weight excluding hydrogens is 254 g/mol. The molecular formula is C12H17NO2S2. The second kappa shape index (κ2) is 8.58. The highest BCUT2D eigenvalue weighted by Crippen LogP contribution is 2.07. The van der Waals surface area contributed by atoms with Crippen LogP contribution in [-0.2, 0) is 11.2 Å². The van der Waals surface area contributed by atoms with Crippen LogP contribution in [0.5, 0.6) is 0 Å². The highest BCUT2D eigenvalue weighted by atomic mass is 32.2. The standard InChI is InChI=1S/C12H17NO2S2/c14-7-11(8-16)13-17-9-12(15)6-10-4-2-1-3-5-10/h1-5,7,11-13,15-16H,6,8-9H2/t11-,12?/m0/s1. The van der Waals surface area contributed by atoms with Crippen molar-refractivity contribution in [2.24, 2.45) is 0 Å². The Morgan fingerprint density at radius 2 is 2.12 bits per heavy atom. The number of carbonyl (C=O) groups is 1. The number of rotatable bonds is 8. The summed E-state index contributed by atoms with van der Waals surface area (Å²) in [6.45, 7) is 0. The van der Waals surface area contributed by atoms with Crippen LogP contribution < -0.4 is 4.72 Å². The lowest BCUT2D eigenvalue weighted by Crippen LogP contribution is -2.28. The normalized spacial score (nSPS) is 14.2. The molecule has 2 atom stereocenters. The van der Waals surface area contributed by atoms with Gasteiger partial charge in [0, 0.05) is 11.5 Å². The molecule has 94 valence electrons. The van der Waals surface area contributed by atoms with Gasteiger partial charge in [-0.25, -0.2) is 0 Å². The first-order valence-corrected chi connectivity index (χ1v) is 7.03. The molecule has 1 rings (SSSR count). The molecule has 0 aliphatic carbocycles. The SMILES string of the molecule is O=C[C@@H](CS)NSCC(O)Cc1ccccc1. The monoisotopic (exact) mass is 271 g/mol. The number of aliphatic hydroxyl groups excluding tert-OH is 1. The maximum Gasteiger partial charge on any atom is 0.138 e. The summed E-state index contributed by atoms with van der Waals surface area (Å²) >= 11 is 5.39. The van der Waals surface area contributed by atoms with Crippen molar-refractivity contribution in [1.29, 1.82) is 0 Å². The van der Waals surface area contributed by atoms with E-state index in [2.05, 4.69) is 17.4 Å². The van der Waals surface area contributed by atoms with Crippen molar-refractivity contribution < 1.29 is 9.90 Å². The molecule has 2 N–H and O–H groups in total. The molecule has 0 saturated heterocycles. The van der Waals surface area contributed by atoms with E-state index in [4.69, 9.17) is 0 Å². The Bertz CT molecular complexity index is 322. The van der Waals surface area contributed by atoms with Gasteiger partial charge in [0.1, 0.15) is 6.29 Å². The van der Waals surface area contributed by atoms with Crippen molar-refractivity contribution in [3.63, 3.8) is 0 Å². The Kier molecular flexibility index (Phi) is 7.35. The zero-order valence-electron chi connectivity index (χ0n) is 9.45. The van der Waals surface area contributed by atoms with Crippen molar-refractivity contribution in [2.75, 3.05) is 11.5 Å². The zero-order chi connectivity index (χ0) is 12.5. The van der Waals surface area contributed by atoms with Crippen LogP contribution in [0.25, 0.3) is 0 Å². The quantitative estimate of drug-likeness (QED) is 0.379. The molecule has 17 heavy (non-hydrogen) atoms. The van der Waals surface area contributed by atoms with Crippen LogP contribution in [-0.4, -0.2) is 35.0 Å². The summed E-state index contributed by atoms with van der Waals surface area (Å²) in [4.78, 5) is 10.5. The molecule has 0 radical (unpaired) electrons. The summed E-state index contributed by atoms with van der Waals surface area (Å²) in [5.74, 6) is 1.01. The predicted molar refractivity (Wildman–Crippen MR) is 75.5 cm³/mol. The predicted octanol–water partition coefficient (Wildman–Crippen LogP) is 1.33. The summed E-state index contributed by atoms with van der Waals surface area (Å²) < 4.78 is 2.95. The minimum atomic E-state index is -0.415. The molecule has 1 unspecified atom stereocenters. The third-order valence-corrected chi connectivity index (χ3v) is 3.60. The van der Waals surface area contributed by atoms with Crippen LogP contribution in [0.2, 0.25) is 0 Å². The number of benzene rings is 1. The second-order valence-electron chi connectivity index (χ2n) is 3.70. The minimum Gasteiger partial charge on any atom is -0.392 e. The van der Waals surface area contributed by atoms with E-state index in [9.17, 15) is 9.90 Å². The number of hydrogen-bond acceptors (Lipinski definition) is 5. The lowest BCUT2D eigenvalue weighted by Gasteiger charge is -2.12. The summed E-state index contributed by atoms with van der Waals surface area (Å²) in [5.41, 5.74) is 1.11. The average molecular weight is 271 g/mol. The Morgan fingerprint density at radius 3 is 2.71 bits per heavy atom. The highest BCUT2D eigenvalue weighted by molar-refractivity contribution is 7.97. The molecule has 0 aliphatic rings. The van der Waals surface area contributed by atoms with Gasteiger partial charge in [-0.2, -0.15) is 12.6 Å². The molecule has 0 saturated carbocycles. The minimum absolute atomic E-state index is 0.257. The summed E-state index contributed by atoms with van der Waals surface area (Å²) in [6.07, 6.45) is 1.04. The van der Waals surface area contributed by atoms with Gasteiger partial charge in [-0.3, -0.25) is 4.72 Å². The van der Waals surface area contributed by atoms with Gasteiger partial charge < -0.3 is 9.90 Å². The zero-order valence-corrected chi connectivity index (χ0v) is 11.2. The van der Waals surface area contributed by atoms with Gasteiger partial charge in [0.15, 0.2) is 0 Å². The number of thiol groups is 1. The fraction of sp³-hybridized carbons (Fsp3) is 0.417. The van der Waals surface area contributed by atoms with Crippen molar-refractivity contribution in [1.82, 2.24) is 4.72 Å². The van der Waals surface area contributed by atoms with Gasteiger partial charge >= 0.3 is 0 Å². The van der Waals surface area contributed by atoms with Gasteiger partial charge in [0.05, 0.1) is 12.1 Å². The average Bonchev–Trinajstić information content (AvgIpc) is 2.36. The van der Waals surface area contributed by atoms with E-state index in [-0.39, 0.29) is 6.04 Å². The number of hydrogen-bond donors (Lipinski definition) is 3. The molecule has 1 aromatic rings. The second-order valence-corrected chi connectivity index (χ2v) is 4.92.